The van der Waals surface area contributed by atoms with Crippen molar-refractivity contribution in [2.24, 2.45) is 0 Å². The number of urea groups is 1. The van der Waals surface area contributed by atoms with E-state index in [2.05, 4.69) is 15.5 Å². The van der Waals surface area contributed by atoms with Crippen molar-refractivity contribution >= 4 is 22.4 Å². The fourth-order valence-corrected chi connectivity index (χ4v) is 2.85. The molecule has 4 rings (SSSR count). The highest BCUT2D eigenvalue weighted by Crippen LogP contribution is 2.28. The molecule has 2 amide bonds. The van der Waals surface area contributed by atoms with Crippen molar-refractivity contribution in [1.82, 2.24) is 15.0 Å². The molecule has 4 heterocycles. The second-order valence-electron chi connectivity index (χ2n) is 4.94. The van der Waals surface area contributed by atoms with Crippen molar-refractivity contribution in [3.8, 4) is 11.6 Å². The third-order valence-corrected chi connectivity index (χ3v) is 4.24. The monoisotopic (exact) mass is 316 g/mol. The van der Waals surface area contributed by atoms with Crippen LogP contribution in [-0.2, 0) is 0 Å². The summed E-state index contributed by atoms with van der Waals surface area (Å²) in [5.41, 5.74) is 0. The molecule has 0 radical (unpaired) electrons. The molecule has 7 nitrogen and oxygen atoms in total. The summed E-state index contributed by atoms with van der Waals surface area (Å²) in [5, 5.41) is 9.50. The highest BCUT2D eigenvalue weighted by Gasteiger charge is 2.36. The van der Waals surface area contributed by atoms with Crippen LogP contribution in [0.1, 0.15) is 11.8 Å². The van der Waals surface area contributed by atoms with E-state index in [4.69, 9.17) is 8.94 Å². The average molecular weight is 316 g/mol. The summed E-state index contributed by atoms with van der Waals surface area (Å²) in [6.45, 7) is 1.13. The van der Waals surface area contributed by atoms with Gasteiger partial charge in [-0.15, -0.1) is 11.3 Å². The maximum Gasteiger partial charge on any atom is 0.322 e. The number of thiophene rings is 1. The average Bonchev–Trinajstić information content (AvgIpc) is 3.19. The van der Waals surface area contributed by atoms with Crippen molar-refractivity contribution in [3.63, 3.8) is 0 Å². The molecule has 0 unspecified atom stereocenters. The van der Waals surface area contributed by atoms with Gasteiger partial charge in [-0.25, -0.2) is 4.79 Å². The number of carbonyl (C=O) groups excluding carboxylic acids is 1. The summed E-state index contributed by atoms with van der Waals surface area (Å²) < 4.78 is 10.5. The van der Waals surface area contributed by atoms with E-state index in [0.29, 0.717) is 30.6 Å². The molecule has 0 aliphatic carbocycles. The summed E-state index contributed by atoms with van der Waals surface area (Å²) in [7, 11) is 0. The zero-order chi connectivity index (χ0) is 14.9. The number of hydrogen-bond acceptors (Lipinski definition) is 6. The van der Waals surface area contributed by atoms with E-state index in [1.54, 1.807) is 23.3 Å². The van der Waals surface area contributed by atoms with E-state index >= 15 is 0 Å². The van der Waals surface area contributed by atoms with Gasteiger partial charge in [-0.05, 0) is 29.6 Å². The Kier molecular flexibility index (Phi) is 3.15. The van der Waals surface area contributed by atoms with E-state index in [0.717, 1.165) is 5.00 Å². The first-order valence-corrected chi connectivity index (χ1v) is 7.64. The van der Waals surface area contributed by atoms with Gasteiger partial charge in [-0.3, -0.25) is 5.32 Å². The van der Waals surface area contributed by atoms with E-state index in [1.165, 1.54) is 11.3 Å². The van der Waals surface area contributed by atoms with Crippen LogP contribution in [0.25, 0.3) is 11.6 Å². The lowest BCUT2D eigenvalue weighted by molar-refractivity contribution is 0.148. The SMILES string of the molecule is O=C(Nc1cccs1)N1CC(c2nc(-c3ccco3)no2)C1. The normalized spacial score (nSPS) is 14.8. The summed E-state index contributed by atoms with van der Waals surface area (Å²) >= 11 is 1.49. The highest BCUT2D eigenvalue weighted by molar-refractivity contribution is 7.14. The van der Waals surface area contributed by atoms with Crippen LogP contribution in [0.2, 0.25) is 0 Å². The Morgan fingerprint density at radius 3 is 3.00 bits per heavy atom. The fraction of sp³-hybridized carbons (Fsp3) is 0.214. The van der Waals surface area contributed by atoms with Gasteiger partial charge in [0, 0.05) is 13.1 Å². The molecule has 1 aliphatic rings. The molecule has 3 aromatic rings. The zero-order valence-corrected chi connectivity index (χ0v) is 12.2. The van der Waals surface area contributed by atoms with E-state index in [9.17, 15) is 4.79 Å². The number of amides is 2. The number of aromatic nitrogens is 2. The smallest absolute Gasteiger partial charge is 0.322 e. The molecule has 1 fully saturated rings. The molecule has 1 saturated heterocycles. The number of hydrogen-bond donors (Lipinski definition) is 1. The maximum atomic E-state index is 12.0. The Labute approximate surface area is 129 Å². The first-order valence-electron chi connectivity index (χ1n) is 6.76. The molecule has 0 atom stereocenters. The molecular weight excluding hydrogens is 304 g/mol. The largest absolute Gasteiger partial charge is 0.461 e. The van der Waals surface area contributed by atoms with Crippen LogP contribution in [0.15, 0.2) is 44.8 Å². The Hall–Kier alpha value is -2.61. The summed E-state index contributed by atoms with van der Waals surface area (Å²) in [4.78, 5) is 18.0. The number of furan rings is 1. The molecule has 0 bridgehead atoms. The van der Waals surface area contributed by atoms with Crippen LogP contribution in [-0.4, -0.2) is 34.2 Å². The lowest BCUT2D eigenvalue weighted by Gasteiger charge is -2.36. The summed E-state index contributed by atoms with van der Waals surface area (Å²) in [6.07, 6.45) is 1.56. The minimum atomic E-state index is -0.107. The topological polar surface area (TPSA) is 84.4 Å². The first kappa shape index (κ1) is 13.1. The standard InChI is InChI=1S/C14H12N4O3S/c19-14(15-11-4-2-6-22-11)18-7-9(8-18)13-16-12(17-21-13)10-3-1-5-20-10/h1-6,9H,7-8H2,(H,15,19). The minimum Gasteiger partial charge on any atom is -0.461 e. The van der Waals surface area contributed by atoms with E-state index < -0.39 is 0 Å². The minimum absolute atomic E-state index is 0.0743. The lowest BCUT2D eigenvalue weighted by Crippen LogP contribution is -2.50. The molecule has 0 saturated carbocycles. The second kappa shape index (κ2) is 5.30. The van der Waals surface area contributed by atoms with Gasteiger partial charge in [-0.1, -0.05) is 5.16 Å². The molecule has 0 spiro atoms. The van der Waals surface area contributed by atoms with Crippen LogP contribution in [0, 0.1) is 0 Å². The number of carbonyl (C=O) groups is 1. The fourth-order valence-electron chi connectivity index (χ4n) is 2.24. The lowest BCUT2D eigenvalue weighted by atomic mass is 10.0. The number of anilines is 1. The van der Waals surface area contributed by atoms with Crippen LogP contribution >= 0.6 is 11.3 Å². The van der Waals surface area contributed by atoms with Crippen molar-refractivity contribution in [2.75, 3.05) is 18.4 Å². The summed E-state index contributed by atoms with van der Waals surface area (Å²) in [5.74, 6) is 1.61. The second-order valence-corrected chi connectivity index (χ2v) is 5.89. The van der Waals surface area contributed by atoms with Gasteiger partial charge >= 0.3 is 6.03 Å². The van der Waals surface area contributed by atoms with Gasteiger partial charge in [0.05, 0.1) is 17.2 Å². The third-order valence-electron chi connectivity index (χ3n) is 3.45. The quantitative estimate of drug-likeness (QED) is 0.803. The Balaban J connectivity index is 1.36. The first-order chi connectivity index (χ1) is 10.8. The molecule has 112 valence electrons. The van der Waals surface area contributed by atoms with Crippen LogP contribution in [0.3, 0.4) is 0 Å². The molecule has 22 heavy (non-hydrogen) atoms. The summed E-state index contributed by atoms with van der Waals surface area (Å²) in [6, 6.07) is 7.20. The van der Waals surface area contributed by atoms with Gasteiger partial charge in [-0.2, -0.15) is 4.98 Å². The molecule has 1 aliphatic heterocycles. The van der Waals surface area contributed by atoms with Crippen LogP contribution in [0.4, 0.5) is 9.80 Å². The Morgan fingerprint density at radius 2 is 2.27 bits per heavy atom. The van der Waals surface area contributed by atoms with E-state index in [-0.39, 0.29) is 11.9 Å². The van der Waals surface area contributed by atoms with Gasteiger partial charge < -0.3 is 13.8 Å². The third kappa shape index (κ3) is 2.37. The molecule has 0 aromatic carbocycles. The number of nitrogens with one attached hydrogen (secondary N) is 1. The number of rotatable bonds is 3. The molecular formula is C14H12N4O3S. The van der Waals surface area contributed by atoms with Crippen molar-refractivity contribution < 1.29 is 13.7 Å². The van der Waals surface area contributed by atoms with Gasteiger partial charge in [0.15, 0.2) is 5.76 Å². The van der Waals surface area contributed by atoms with Gasteiger partial charge in [0.1, 0.15) is 0 Å². The zero-order valence-electron chi connectivity index (χ0n) is 11.4. The number of nitrogens with zero attached hydrogens (tertiary/aromatic N) is 3. The van der Waals surface area contributed by atoms with E-state index in [1.807, 2.05) is 17.5 Å². The van der Waals surface area contributed by atoms with Crippen molar-refractivity contribution in [2.45, 2.75) is 5.92 Å². The predicted molar refractivity (Wildman–Crippen MR) is 79.7 cm³/mol. The van der Waals surface area contributed by atoms with Crippen molar-refractivity contribution in [3.05, 3.63) is 41.8 Å². The van der Waals surface area contributed by atoms with Gasteiger partial charge in [0.2, 0.25) is 11.7 Å². The predicted octanol–water partition coefficient (Wildman–Crippen LogP) is 3.02. The highest BCUT2D eigenvalue weighted by atomic mass is 32.1. The molecule has 1 N–H and O–H groups in total. The Morgan fingerprint density at radius 1 is 1.36 bits per heavy atom. The molecule has 8 heteroatoms. The molecule has 3 aromatic heterocycles. The van der Waals surface area contributed by atoms with Crippen LogP contribution < -0.4 is 5.32 Å². The van der Waals surface area contributed by atoms with Gasteiger partial charge in [0.25, 0.3) is 0 Å². The maximum absolute atomic E-state index is 12.0. The Bertz CT molecular complexity index is 760. The van der Waals surface area contributed by atoms with Crippen LogP contribution in [0.5, 0.6) is 0 Å². The number of likely N-dealkylation sites (tertiary alicyclic amines) is 1. The van der Waals surface area contributed by atoms with Crippen molar-refractivity contribution in [1.29, 1.82) is 0 Å².